The fraction of sp³-hybridized carbons (Fsp3) is 0.400. The molecule has 0 aliphatic rings. The molecule has 0 unspecified atom stereocenters. The van der Waals surface area contributed by atoms with Crippen molar-refractivity contribution in [1.29, 1.82) is 5.26 Å². The average molecular weight is 289 g/mol. The summed E-state index contributed by atoms with van der Waals surface area (Å²) in [7, 11) is 0. The van der Waals surface area contributed by atoms with Crippen molar-refractivity contribution in [2.45, 2.75) is 26.3 Å². The van der Waals surface area contributed by atoms with Gasteiger partial charge in [0.1, 0.15) is 0 Å². The average Bonchev–Trinajstić information content (AvgIpc) is 2.46. The lowest BCUT2D eigenvalue weighted by molar-refractivity contribution is -0.136. The molecule has 112 valence electrons. The number of rotatable bonds is 7. The normalized spacial score (nSPS) is 9.71. The Hall–Kier alpha value is -2.55. The van der Waals surface area contributed by atoms with Gasteiger partial charge in [-0.15, -0.1) is 0 Å². The van der Waals surface area contributed by atoms with E-state index in [1.54, 1.807) is 29.2 Å². The number of amides is 2. The molecule has 0 atom stereocenters. The van der Waals surface area contributed by atoms with Gasteiger partial charge in [0.15, 0.2) is 0 Å². The van der Waals surface area contributed by atoms with Gasteiger partial charge in [-0.3, -0.25) is 4.79 Å². The molecule has 21 heavy (non-hydrogen) atoms. The van der Waals surface area contributed by atoms with Crippen LogP contribution in [0, 0.1) is 11.3 Å². The lowest BCUT2D eigenvalue weighted by Gasteiger charge is -2.20. The maximum Gasteiger partial charge on any atom is 0.317 e. The molecular weight excluding hydrogens is 270 g/mol. The first-order chi connectivity index (χ1) is 10.1. The molecule has 0 fully saturated rings. The van der Waals surface area contributed by atoms with E-state index in [4.69, 9.17) is 10.4 Å². The fourth-order valence-electron chi connectivity index (χ4n) is 1.94. The number of hydrogen-bond acceptors (Lipinski definition) is 3. The molecule has 6 nitrogen and oxygen atoms in total. The van der Waals surface area contributed by atoms with E-state index in [0.717, 1.165) is 5.56 Å². The SMILES string of the molecule is CCN(CCC#N)C(=O)NCc1ccccc1CC(=O)O. The number of carbonyl (C=O) groups is 2. The molecule has 0 aromatic heterocycles. The number of hydrogen-bond donors (Lipinski definition) is 2. The van der Waals surface area contributed by atoms with Crippen LogP contribution in [0.2, 0.25) is 0 Å². The molecule has 0 bridgehead atoms. The first-order valence-corrected chi connectivity index (χ1v) is 6.76. The second-order valence-corrected chi connectivity index (χ2v) is 4.49. The number of urea groups is 1. The zero-order valence-electron chi connectivity index (χ0n) is 12.0. The minimum Gasteiger partial charge on any atom is -0.481 e. The van der Waals surface area contributed by atoms with E-state index in [0.29, 0.717) is 18.7 Å². The minimum atomic E-state index is -0.905. The van der Waals surface area contributed by atoms with Gasteiger partial charge in [0.25, 0.3) is 0 Å². The largest absolute Gasteiger partial charge is 0.481 e. The topological polar surface area (TPSA) is 93.4 Å². The molecule has 1 aromatic rings. The molecule has 0 heterocycles. The molecule has 2 N–H and O–H groups in total. The third-order valence-corrected chi connectivity index (χ3v) is 3.05. The Balaban J connectivity index is 2.64. The van der Waals surface area contributed by atoms with E-state index in [1.165, 1.54) is 0 Å². The zero-order chi connectivity index (χ0) is 15.7. The van der Waals surface area contributed by atoms with Crippen LogP contribution in [0.1, 0.15) is 24.5 Å². The summed E-state index contributed by atoms with van der Waals surface area (Å²) in [6, 6.07) is 8.87. The number of carbonyl (C=O) groups excluding carboxylic acids is 1. The van der Waals surface area contributed by atoms with E-state index in [9.17, 15) is 9.59 Å². The highest BCUT2D eigenvalue weighted by Gasteiger charge is 2.12. The van der Waals surface area contributed by atoms with Crippen molar-refractivity contribution in [3.8, 4) is 6.07 Å². The van der Waals surface area contributed by atoms with Crippen LogP contribution >= 0.6 is 0 Å². The van der Waals surface area contributed by atoms with Crippen LogP contribution < -0.4 is 5.32 Å². The predicted molar refractivity (Wildman–Crippen MR) is 77.5 cm³/mol. The molecule has 6 heteroatoms. The summed E-state index contributed by atoms with van der Waals surface area (Å²) in [5, 5.41) is 20.2. The maximum atomic E-state index is 12.0. The van der Waals surface area contributed by atoms with Crippen molar-refractivity contribution in [2.75, 3.05) is 13.1 Å². The molecule has 0 radical (unpaired) electrons. The van der Waals surface area contributed by atoms with Gasteiger partial charge >= 0.3 is 12.0 Å². The summed E-state index contributed by atoms with van der Waals surface area (Å²) in [6.07, 6.45) is 0.217. The summed E-state index contributed by atoms with van der Waals surface area (Å²) in [5.74, 6) is -0.905. The number of nitrogens with zero attached hydrogens (tertiary/aromatic N) is 2. The number of benzene rings is 1. The number of nitriles is 1. The van der Waals surface area contributed by atoms with E-state index in [1.807, 2.05) is 13.0 Å². The van der Waals surface area contributed by atoms with Crippen molar-refractivity contribution in [3.05, 3.63) is 35.4 Å². The Morgan fingerprint density at radius 3 is 2.57 bits per heavy atom. The number of carboxylic acids is 1. The highest BCUT2D eigenvalue weighted by atomic mass is 16.4. The van der Waals surface area contributed by atoms with Crippen LogP contribution in [0.4, 0.5) is 4.79 Å². The minimum absolute atomic E-state index is 0.0715. The third-order valence-electron chi connectivity index (χ3n) is 3.05. The monoisotopic (exact) mass is 289 g/mol. The summed E-state index contributed by atoms with van der Waals surface area (Å²) in [4.78, 5) is 24.3. The van der Waals surface area contributed by atoms with E-state index >= 15 is 0 Å². The smallest absolute Gasteiger partial charge is 0.317 e. The van der Waals surface area contributed by atoms with Crippen LogP contribution in [-0.4, -0.2) is 35.1 Å². The van der Waals surface area contributed by atoms with Crippen molar-refractivity contribution in [1.82, 2.24) is 10.2 Å². The molecule has 1 aromatic carbocycles. The van der Waals surface area contributed by atoms with Crippen molar-refractivity contribution in [3.63, 3.8) is 0 Å². The highest BCUT2D eigenvalue weighted by Crippen LogP contribution is 2.09. The van der Waals surface area contributed by atoms with Gasteiger partial charge in [0, 0.05) is 19.6 Å². The van der Waals surface area contributed by atoms with Gasteiger partial charge in [-0.1, -0.05) is 24.3 Å². The van der Waals surface area contributed by atoms with Gasteiger partial charge in [0.05, 0.1) is 18.9 Å². The summed E-state index contributed by atoms with van der Waals surface area (Å²) in [5.41, 5.74) is 1.47. The quantitative estimate of drug-likeness (QED) is 0.799. The van der Waals surface area contributed by atoms with Gasteiger partial charge in [-0.05, 0) is 18.1 Å². The Kier molecular flexibility index (Phi) is 6.75. The Morgan fingerprint density at radius 1 is 1.33 bits per heavy atom. The molecule has 0 spiro atoms. The highest BCUT2D eigenvalue weighted by molar-refractivity contribution is 5.74. The first-order valence-electron chi connectivity index (χ1n) is 6.76. The lowest BCUT2D eigenvalue weighted by Crippen LogP contribution is -2.40. The molecule has 0 aliphatic carbocycles. The number of aliphatic carboxylic acids is 1. The first kappa shape index (κ1) is 16.5. The molecule has 2 amide bonds. The van der Waals surface area contributed by atoms with Crippen LogP contribution in [0.3, 0.4) is 0 Å². The summed E-state index contributed by atoms with van der Waals surface area (Å²) < 4.78 is 0. The van der Waals surface area contributed by atoms with Crippen molar-refractivity contribution in [2.24, 2.45) is 0 Å². The second kappa shape index (κ2) is 8.59. The third kappa shape index (κ3) is 5.53. The van der Waals surface area contributed by atoms with Gasteiger partial charge in [0.2, 0.25) is 0 Å². The lowest BCUT2D eigenvalue weighted by atomic mass is 10.0. The summed E-state index contributed by atoms with van der Waals surface area (Å²) >= 11 is 0. The Morgan fingerprint density at radius 2 is 2.00 bits per heavy atom. The molecule has 1 rings (SSSR count). The van der Waals surface area contributed by atoms with Crippen molar-refractivity contribution >= 4 is 12.0 Å². The maximum absolute atomic E-state index is 12.0. The van der Waals surface area contributed by atoms with Gasteiger partial charge in [-0.25, -0.2) is 4.79 Å². The standard InChI is InChI=1S/C15H19N3O3/c1-2-18(9-5-8-16)15(21)17-11-13-7-4-3-6-12(13)10-14(19)20/h3-4,6-7H,2,5,9-11H2,1H3,(H,17,21)(H,19,20). The number of nitrogens with one attached hydrogen (secondary N) is 1. The molecular formula is C15H19N3O3. The van der Waals surface area contributed by atoms with E-state index in [-0.39, 0.29) is 25.4 Å². The van der Waals surface area contributed by atoms with E-state index in [2.05, 4.69) is 5.32 Å². The molecule has 0 saturated carbocycles. The van der Waals surface area contributed by atoms with Crippen molar-refractivity contribution < 1.29 is 14.7 Å². The zero-order valence-corrected chi connectivity index (χ0v) is 12.0. The van der Waals surface area contributed by atoms with Crippen LogP contribution in [0.15, 0.2) is 24.3 Å². The van der Waals surface area contributed by atoms with Crippen LogP contribution in [0.25, 0.3) is 0 Å². The Labute approximate surface area is 124 Å². The summed E-state index contributed by atoms with van der Waals surface area (Å²) in [6.45, 7) is 3.01. The predicted octanol–water partition coefficient (Wildman–Crippen LogP) is 1.76. The number of carboxylic acid groups (broad SMARTS) is 1. The Bertz CT molecular complexity index is 537. The van der Waals surface area contributed by atoms with Gasteiger partial charge in [-0.2, -0.15) is 5.26 Å². The second-order valence-electron chi connectivity index (χ2n) is 4.49. The van der Waals surface area contributed by atoms with Gasteiger partial charge < -0.3 is 15.3 Å². The van der Waals surface area contributed by atoms with E-state index < -0.39 is 5.97 Å². The van der Waals surface area contributed by atoms with Crippen LogP contribution in [-0.2, 0) is 17.8 Å². The fourth-order valence-corrected chi connectivity index (χ4v) is 1.94. The molecule has 0 saturated heterocycles. The molecule has 0 aliphatic heterocycles. The van der Waals surface area contributed by atoms with Crippen LogP contribution in [0.5, 0.6) is 0 Å².